The van der Waals surface area contributed by atoms with Crippen molar-refractivity contribution < 1.29 is 9.90 Å². The van der Waals surface area contributed by atoms with Crippen molar-refractivity contribution in [2.75, 3.05) is 18.4 Å². The molecule has 0 saturated carbocycles. The summed E-state index contributed by atoms with van der Waals surface area (Å²) in [6, 6.07) is 1.64. The molecule has 1 heterocycles. The molecule has 14 heavy (non-hydrogen) atoms. The number of aromatic carboxylic acids is 1. The number of nitrogens with zero attached hydrogens (tertiary/aromatic N) is 1. The Balaban J connectivity index is 2.69. The number of pyridine rings is 1. The van der Waals surface area contributed by atoms with Gasteiger partial charge in [-0.1, -0.05) is 0 Å². The van der Waals surface area contributed by atoms with Crippen LogP contribution in [0.25, 0.3) is 0 Å². The van der Waals surface area contributed by atoms with Crippen LogP contribution in [0.5, 0.6) is 0 Å². The summed E-state index contributed by atoms with van der Waals surface area (Å²) >= 11 is 0. The molecule has 1 rings (SSSR count). The summed E-state index contributed by atoms with van der Waals surface area (Å²) in [5.74, 6) is -0.978. The van der Waals surface area contributed by atoms with Gasteiger partial charge in [0.25, 0.3) is 0 Å². The summed E-state index contributed by atoms with van der Waals surface area (Å²) in [6.45, 7) is 1.25. The van der Waals surface area contributed by atoms with E-state index in [1.807, 2.05) is 0 Å². The van der Waals surface area contributed by atoms with Gasteiger partial charge in [-0.25, -0.2) is 4.79 Å². The van der Waals surface area contributed by atoms with Crippen LogP contribution < -0.4 is 11.1 Å². The molecule has 0 aliphatic rings. The van der Waals surface area contributed by atoms with Crippen LogP contribution >= 0.6 is 0 Å². The van der Waals surface area contributed by atoms with E-state index in [2.05, 4.69) is 10.3 Å². The van der Waals surface area contributed by atoms with Gasteiger partial charge in [-0.2, -0.15) is 0 Å². The lowest BCUT2D eigenvalue weighted by Gasteiger charge is -2.07. The van der Waals surface area contributed by atoms with Crippen LogP contribution in [-0.2, 0) is 0 Å². The van der Waals surface area contributed by atoms with Crippen molar-refractivity contribution in [1.82, 2.24) is 4.98 Å². The van der Waals surface area contributed by atoms with Gasteiger partial charge in [0.05, 0.1) is 5.69 Å². The molecule has 0 aliphatic carbocycles. The largest absolute Gasteiger partial charge is 0.478 e. The van der Waals surface area contributed by atoms with E-state index in [-0.39, 0.29) is 5.56 Å². The Morgan fingerprint density at radius 2 is 2.43 bits per heavy atom. The van der Waals surface area contributed by atoms with E-state index in [1.165, 1.54) is 6.20 Å². The first-order chi connectivity index (χ1) is 6.75. The lowest BCUT2D eigenvalue weighted by molar-refractivity contribution is 0.0697. The van der Waals surface area contributed by atoms with E-state index in [0.717, 1.165) is 6.42 Å². The number of carbonyl (C=O) groups is 1. The van der Waals surface area contributed by atoms with Crippen molar-refractivity contribution in [1.29, 1.82) is 0 Å². The monoisotopic (exact) mass is 195 g/mol. The van der Waals surface area contributed by atoms with Crippen molar-refractivity contribution in [3.63, 3.8) is 0 Å². The predicted molar refractivity (Wildman–Crippen MR) is 53.4 cm³/mol. The van der Waals surface area contributed by atoms with E-state index < -0.39 is 5.97 Å². The molecule has 5 heteroatoms. The van der Waals surface area contributed by atoms with Crippen LogP contribution in [0.4, 0.5) is 5.69 Å². The molecule has 0 aromatic carbocycles. The van der Waals surface area contributed by atoms with Crippen LogP contribution in [0.2, 0.25) is 0 Å². The topological polar surface area (TPSA) is 88.2 Å². The molecule has 0 aliphatic heterocycles. The van der Waals surface area contributed by atoms with Crippen molar-refractivity contribution in [3.8, 4) is 0 Å². The zero-order valence-electron chi connectivity index (χ0n) is 7.73. The maximum absolute atomic E-state index is 10.7. The molecular formula is C9H13N3O2. The number of nitrogens with two attached hydrogens (primary N) is 1. The summed E-state index contributed by atoms with van der Waals surface area (Å²) < 4.78 is 0. The Hall–Kier alpha value is -1.62. The highest BCUT2D eigenvalue weighted by molar-refractivity contribution is 5.93. The van der Waals surface area contributed by atoms with Crippen LogP contribution in [0.3, 0.4) is 0 Å². The lowest BCUT2D eigenvalue weighted by Crippen LogP contribution is -2.11. The van der Waals surface area contributed by atoms with Gasteiger partial charge >= 0.3 is 5.97 Å². The molecule has 0 amide bonds. The molecule has 0 saturated heterocycles. The first kappa shape index (κ1) is 10.5. The average Bonchev–Trinajstić information content (AvgIpc) is 2.19. The molecule has 0 spiro atoms. The third-order valence-corrected chi connectivity index (χ3v) is 1.75. The molecule has 0 bridgehead atoms. The summed E-state index contributed by atoms with van der Waals surface area (Å²) in [6.07, 6.45) is 3.69. The molecule has 76 valence electrons. The number of hydrogen-bond acceptors (Lipinski definition) is 4. The second kappa shape index (κ2) is 5.18. The van der Waals surface area contributed by atoms with Crippen molar-refractivity contribution in [2.45, 2.75) is 6.42 Å². The summed E-state index contributed by atoms with van der Waals surface area (Å²) in [5.41, 5.74) is 6.09. The van der Waals surface area contributed by atoms with E-state index >= 15 is 0 Å². The quantitative estimate of drug-likeness (QED) is 0.597. The highest BCUT2D eigenvalue weighted by Gasteiger charge is 2.08. The maximum atomic E-state index is 10.7. The van der Waals surface area contributed by atoms with Gasteiger partial charge in [0.15, 0.2) is 0 Å². The van der Waals surface area contributed by atoms with E-state index in [0.29, 0.717) is 18.8 Å². The number of nitrogens with one attached hydrogen (secondary N) is 1. The number of aromatic nitrogens is 1. The Kier molecular flexibility index (Phi) is 3.87. The number of hydrogen-bond donors (Lipinski definition) is 3. The third kappa shape index (κ3) is 2.70. The zero-order chi connectivity index (χ0) is 10.4. The first-order valence-electron chi connectivity index (χ1n) is 4.37. The molecule has 0 unspecified atom stereocenters. The Bertz CT molecular complexity index is 315. The maximum Gasteiger partial charge on any atom is 0.339 e. The van der Waals surface area contributed by atoms with Crippen LogP contribution in [-0.4, -0.2) is 29.1 Å². The second-order valence-corrected chi connectivity index (χ2v) is 2.80. The Morgan fingerprint density at radius 1 is 1.64 bits per heavy atom. The molecule has 1 aromatic heterocycles. The minimum absolute atomic E-state index is 0.185. The summed E-state index contributed by atoms with van der Waals surface area (Å²) in [4.78, 5) is 14.5. The lowest BCUT2D eigenvalue weighted by atomic mass is 10.2. The average molecular weight is 195 g/mol. The van der Waals surface area contributed by atoms with Gasteiger partial charge in [0.2, 0.25) is 0 Å². The Morgan fingerprint density at radius 3 is 3.07 bits per heavy atom. The molecule has 4 N–H and O–H groups in total. The van der Waals surface area contributed by atoms with Crippen LogP contribution in [0.1, 0.15) is 16.8 Å². The fourth-order valence-corrected chi connectivity index (χ4v) is 1.04. The van der Waals surface area contributed by atoms with Crippen molar-refractivity contribution in [3.05, 3.63) is 24.0 Å². The first-order valence-corrected chi connectivity index (χ1v) is 4.37. The van der Waals surface area contributed by atoms with Crippen molar-refractivity contribution >= 4 is 11.7 Å². The summed E-state index contributed by atoms with van der Waals surface area (Å²) in [7, 11) is 0. The molecule has 0 fully saturated rings. The van der Waals surface area contributed by atoms with Crippen LogP contribution in [0.15, 0.2) is 18.5 Å². The number of carboxylic acid groups (broad SMARTS) is 1. The highest BCUT2D eigenvalue weighted by atomic mass is 16.4. The molecule has 5 nitrogen and oxygen atoms in total. The van der Waals surface area contributed by atoms with Gasteiger partial charge in [0.1, 0.15) is 5.56 Å². The number of carboxylic acids is 1. The van der Waals surface area contributed by atoms with Gasteiger partial charge in [-0.05, 0) is 19.0 Å². The summed E-state index contributed by atoms with van der Waals surface area (Å²) in [5, 5.41) is 11.8. The van der Waals surface area contributed by atoms with Gasteiger partial charge in [-0.3, -0.25) is 4.98 Å². The van der Waals surface area contributed by atoms with E-state index in [4.69, 9.17) is 10.8 Å². The highest BCUT2D eigenvalue weighted by Crippen LogP contribution is 2.12. The van der Waals surface area contributed by atoms with E-state index in [9.17, 15) is 4.79 Å². The van der Waals surface area contributed by atoms with Gasteiger partial charge < -0.3 is 16.2 Å². The number of rotatable bonds is 5. The standard InChI is InChI=1S/C9H13N3O2/c10-3-1-4-12-8-2-5-11-6-7(8)9(13)14/h2,5-6H,1,3-4,10H2,(H,11,12)(H,13,14). The molecule has 1 aromatic rings. The third-order valence-electron chi connectivity index (χ3n) is 1.75. The minimum atomic E-state index is -0.978. The Labute approximate surface area is 82.0 Å². The fraction of sp³-hybridized carbons (Fsp3) is 0.333. The zero-order valence-corrected chi connectivity index (χ0v) is 7.73. The predicted octanol–water partition coefficient (Wildman–Crippen LogP) is 0.540. The second-order valence-electron chi connectivity index (χ2n) is 2.80. The number of anilines is 1. The van der Waals surface area contributed by atoms with Gasteiger partial charge in [-0.15, -0.1) is 0 Å². The minimum Gasteiger partial charge on any atom is -0.478 e. The smallest absolute Gasteiger partial charge is 0.339 e. The van der Waals surface area contributed by atoms with E-state index in [1.54, 1.807) is 12.3 Å². The SMILES string of the molecule is NCCCNc1ccncc1C(=O)O. The van der Waals surface area contributed by atoms with Crippen molar-refractivity contribution in [2.24, 2.45) is 5.73 Å². The fourth-order valence-electron chi connectivity index (χ4n) is 1.04. The molecule has 0 atom stereocenters. The normalized spacial score (nSPS) is 9.79. The molecular weight excluding hydrogens is 182 g/mol. The molecule has 0 radical (unpaired) electrons. The van der Waals surface area contributed by atoms with Crippen LogP contribution in [0, 0.1) is 0 Å². The van der Waals surface area contributed by atoms with Gasteiger partial charge in [0, 0.05) is 18.9 Å².